The number of aryl methyl sites for hydroxylation is 2. The van der Waals surface area contributed by atoms with Crippen molar-refractivity contribution in [2.45, 2.75) is 13.8 Å². The molecule has 2 rings (SSSR count). The average Bonchev–Trinajstić information content (AvgIpc) is 2.84. The maximum Gasteiger partial charge on any atom is 0.304 e. The highest BCUT2D eigenvalue weighted by atomic mass is 35.5. The van der Waals surface area contributed by atoms with Crippen LogP contribution in [0.3, 0.4) is 0 Å². The van der Waals surface area contributed by atoms with Gasteiger partial charge >= 0.3 is 5.17 Å². The third-order valence-electron chi connectivity index (χ3n) is 2.79. The fourth-order valence-corrected chi connectivity index (χ4v) is 2.60. The van der Waals surface area contributed by atoms with Crippen molar-refractivity contribution in [2.75, 3.05) is 24.2 Å². The van der Waals surface area contributed by atoms with Crippen molar-refractivity contribution >= 4 is 28.5 Å². The van der Waals surface area contributed by atoms with E-state index in [1.165, 1.54) is 11.8 Å². The van der Waals surface area contributed by atoms with Gasteiger partial charge in [-0.1, -0.05) is 18.2 Å². The monoisotopic (exact) mass is 299 g/mol. The number of halogens is 1. The van der Waals surface area contributed by atoms with Crippen molar-refractivity contribution in [1.82, 2.24) is 5.32 Å². The van der Waals surface area contributed by atoms with Crippen LogP contribution < -0.4 is 28.0 Å². The predicted octanol–water partition coefficient (Wildman–Crippen LogP) is -2.98. The van der Waals surface area contributed by atoms with Gasteiger partial charge in [-0.05, 0) is 36.7 Å². The standard InChI is InChI=1S/C13H17N3OS.ClH/c1-9-4-3-5-10(2)12(9)16-11(17)8-18-13-14-6-7-15-13;/h3-5H,6-8H2,1-2H3,(H,14,15)(H,16,17);1H. The van der Waals surface area contributed by atoms with Crippen LogP contribution in [0.2, 0.25) is 0 Å². The molecule has 0 aromatic heterocycles. The molecule has 0 spiro atoms. The number of thioether (sulfide) groups is 1. The molecule has 0 aliphatic carbocycles. The molecule has 1 aromatic rings. The second-order valence-electron chi connectivity index (χ2n) is 4.29. The molecule has 0 fully saturated rings. The van der Waals surface area contributed by atoms with E-state index in [1.54, 1.807) is 0 Å². The Morgan fingerprint density at radius 1 is 1.42 bits per heavy atom. The van der Waals surface area contributed by atoms with Crippen LogP contribution >= 0.6 is 11.8 Å². The van der Waals surface area contributed by atoms with E-state index in [4.69, 9.17) is 0 Å². The first-order valence-electron chi connectivity index (χ1n) is 6.00. The molecule has 6 heteroatoms. The smallest absolute Gasteiger partial charge is 0.304 e. The zero-order valence-electron chi connectivity index (χ0n) is 11.0. The highest BCUT2D eigenvalue weighted by Gasteiger charge is 2.15. The summed E-state index contributed by atoms with van der Waals surface area (Å²) >= 11 is 1.51. The van der Waals surface area contributed by atoms with Gasteiger partial charge in [0.05, 0.1) is 5.75 Å². The topological polar surface area (TPSA) is 55.1 Å². The Kier molecular flexibility index (Phi) is 6.18. The Bertz CT molecular complexity index is 471. The maximum atomic E-state index is 11.9. The summed E-state index contributed by atoms with van der Waals surface area (Å²) in [6, 6.07) is 6.01. The van der Waals surface area contributed by atoms with E-state index in [0.29, 0.717) is 5.75 Å². The molecule has 0 bridgehead atoms. The van der Waals surface area contributed by atoms with E-state index in [-0.39, 0.29) is 18.3 Å². The summed E-state index contributed by atoms with van der Waals surface area (Å²) in [4.78, 5) is 15.1. The molecule has 1 aliphatic heterocycles. The third kappa shape index (κ3) is 4.44. The first kappa shape index (κ1) is 15.9. The number of carbonyl (C=O) groups excluding carboxylic acids is 1. The van der Waals surface area contributed by atoms with Crippen LogP contribution in [-0.4, -0.2) is 29.9 Å². The highest BCUT2D eigenvalue weighted by Crippen LogP contribution is 2.19. The molecular formula is C13H18ClN3OS. The van der Waals surface area contributed by atoms with Crippen LogP contribution in [0.5, 0.6) is 0 Å². The summed E-state index contributed by atoms with van der Waals surface area (Å²) in [6.45, 7) is 5.87. The summed E-state index contributed by atoms with van der Waals surface area (Å²) in [5.74, 6) is 0.448. The summed E-state index contributed by atoms with van der Waals surface area (Å²) in [5, 5.41) is 7.15. The average molecular weight is 300 g/mol. The molecule has 1 aliphatic rings. The number of para-hydroxylation sites is 1. The SMILES string of the molecule is Cc1cccc(C)c1NC(=O)CSC1=[NH+]CCN1.[Cl-]. The van der Waals surface area contributed by atoms with Crippen LogP contribution in [0.1, 0.15) is 11.1 Å². The maximum absolute atomic E-state index is 11.9. The lowest BCUT2D eigenvalue weighted by atomic mass is 10.1. The predicted molar refractivity (Wildman–Crippen MR) is 75.8 cm³/mol. The van der Waals surface area contributed by atoms with Crippen LogP contribution in [0, 0.1) is 13.8 Å². The lowest BCUT2D eigenvalue weighted by Crippen LogP contribution is -3.00. The van der Waals surface area contributed by atoms with Crippen LogP contribution in [0.25, 0.3) is 0 Å². The molecule has 0 saturated carbocycles. The van der Waals surface area contributed by atoms with Gasteiger partial charge in [0.2, 0.25) is 5.91 Å². The van der Waals surface area contributed by atoms with E-state index in [9.17, 15) is 4.79 Å². The molecule has 1 amide bonds. The largest absolute Gasteiger partial charge is 1.00 e. The van der Waals surface area contributed by atoms with Gasteiger partial charge in [0, 0.05) is 5.69 Å². The second-order valence-corrected chi connectivity index (χ2v) is 5.27. The van der Waals surface area contributed by atoms with Gasteiger partial charge in [-0.15, -0.1) is 0 Å². The number of benzene rings is 1. The van der Waals surface area contributed by atoms with Crippen molar-refractivity contribution in [3.8, 4) is 0 Å². The number of carbonyl (C=O) groups is 1. The van der Waals surface area contributed by atoms with Gasteiger partial charge in [-0.3, -0.25) is 15.1 Å². The normalized spacial score (nSPS) is 13.3. The molecule has 4 nitrogen and oxygen atoms in total. The molecule has 104 valence electrons. The number of hydrogen-bond acceptors (Lipinski definition) is 3. The lowest BCUT2D eigenvalue weighted by Gasteiger charge is -2.10. The number of anilines is 1. The molecule has 0 saturated heterocycles. The van der Waals surface area contributed by atoms with Crippen molar-refractivity contribution in [3.63, 3.8) is 0 Å². The first-order valence-corrected chi connectivity index (χ1v) is 6.99. The second kappa shape index (κ2) is 7.40. The zero-order chi connectivity index (χ0) is 13.0. The Labute approximate surface area is 123 Å². The number of rotatable bonds is 3. The Morgan fingerprint density at radius 3 is 2.68 bits per heavy atom. The minimum absolute atomic E-state index is 0. The number of amides is 1. The Balaban J connectivity index is 0.00000180. The molecule has 0 radical (unpaired) electrons. The number of amidine groups is 1. The van der Waals surface area contributed by atoms with Gasteiger partial charge in [-0.25, -0.2) is 0 Å². The number of nitrogens with one attached hydrogen (secondary N) is 3. The van der Waals surface area contributed by atoms with Gasteiger partial charge in [0.15, 0.2) is 0 Å². The van der Waals surface area contributed by atoms with Crippen molar-refractivity contribution in [1.29, 1.82) is 0 Å². The van der Waals surface area contributed by atoms with E-state index >= 15 is 0 Å². The van der Waals surface area contributed by atoms with Crippen LogP contribution in [-0.2, 0) is 4.79 Å². The van der Waals surface area contributed by atoms with E-state index in [1.807, 2.05) is 32.0 Å². The summed E-state index contributed by atoms with van der Waals surface area (Å²) < 4.78 is 0. The van der Waals surface area contributed by atoms with Crippen molar-refractivity contribution in [3.05, 3.63) is 29.3 Å². The lowest BCUT2D eigenvalue weighted by molar-refractivity contribution is -0.441. The number of hydrogen-bond donors (Lipinski definition) is 3. The molecule has 1 heterocycles. The third-order valence-corrected chi connectivity index (χ3v) is 3.77. The molecule has 0 atom stereocenters. The molecule has 1 aromatic carbocycles. The van der Waals surface area contributed by atoms with E-state index in [0.717, 1.165) is 35.1 Å². The van der Waals surface area contributed by atoms with Crippen LogP contribution in [0.4, 0.5) is 5.69 Å². The molecular weight excluding hydrogens is 282 g/mol. The van der Waals surface area contributed by atoms with Gasteiger partial charge in [-0.2, -0.15) is 0 Å². The van der Waals surface area contributed by atoms with Gasteiger partial charge in [0.25, 0.3) is 0 Å². The fourth-order valence-electron chi connectivity index (χ4n) is 1.84. The Morgan fingerprint density at radius 2 is 2.11 bits per heavy atom. The summed E-state index contributed by atoms with van der Waals surface area (Å²) in [6.07, 6.45) is 0. The van der Waals surface area contributed by atoms with Crippen LogP contribution in [0.15, 0.2) is 18.2 Å². The fraction of sp³-hybridized carbons (Fsp3) is 0.385. The van der Waals surface area contributed by atoms with Gasteiger partial charge < -0.3 is 17.7 Å². The molecule has 3 N–H and O–H groups in total. The quantitative estimate of drug-likeness (QED) is 0.558. The first-order chi connectivity index (χ1) is 8.66. The van der Waals surface area contributed by atoms with Crippen molar-refractivity contribution in [2.24, 2.45) is 0 Å². The molecule has 0 unspecified atom stereocenters. The van der Waals surface area contributed by atoms with E-state index in [2.05, 4.69) is 15.6 Å². The van der Waals surface area contributed by atoms with E-state index < -0.39 is 0 Å². The van der Waals surface area contributed by atoms with Crippen molar-refractivity contribution < 1.29 is 22.2 Å². The highest BCUT2D eigenvalue weighted by molar-refractivity contribution is 8.14. The zero-order valence-corrected chi connectivity index (χ0v) is 12.6. The Hall–Kier alpha value is -1.20. The minimum atomic E-state index is 0. The molecule has 19 heavy (non-hydrogen) atoms. The summed E-state index contributed by atoms with van der Waals surface area (Å²) in [5.41, 5.74) is 3.12. The summed E-state index contributed by atoms with van der Waals surface area (Å²) in [7, 11) is 0. The van der Waals surface area contributed by atoms with Gasteiger partial charge in [0.1, 0.15) is 13.1 Å². The minimum Gasteiger partial charge on any atom is -1.00 e.